The van der Waals surface area contributed by atoms with Gasteiger partial charge in [-0.15, -0.1) is 13.2 Å². The average Bonchev–Trinajstić information content (AvgIpc) is 2.77. The molecule has 0 saturated carbocycles. The van der Waals surface area contributed by atoms with Crippen LogP contribution in [0.25, 0.3) is 0 Å². The van der Waals surface area contributed by atoms with Gasteiger partial charge in [0, 0.05) is 23.5 Å². The first-order valence-electron chi connectivity index (χ1n) is 13.6. The van der Waals surface area contributed by atoms with E-state index in [1.807, 2.05) is 0 Å². The van der Waals surface area contributed by atoms with E-state index in [0.29, 0.717) is 5.92 Å². The van der Waals surface area contributed by atoms with Gasteiger partial charge in [-0.25, -0.2) is 0 Å². The predicted octanol–water partition coefficient (Wildman–Crippen LogP) is 8.78. The van der Waals surface area contributed by atoms with Gasteiger partial charge in [0.2, 0.25) is 0 Å². The summed E-state index contributed by atoms with van der Waals surface area (Å²) in [7, 11) is 0. The van der Waals surface area contributed by atoms with Crippen LogP contribution in [0, 0.1) is 18.3 Å². The van der Waals surface area contributed by atoms with Crippen molar-refractivity contribution in [3.8, 4) is 0 Å². The van der Waals surface area contributed by atoms with Gasteiger partial charge in [-0.3, -0.25) is 4.98 Å². The van der Waals surface area contributed by atoms with Gasteiger partial charge >= 0.3 is 0 Å². The Bertz CT molecular complexity index is 685. The molecule has 0 aliphatic heterocycles. The Kier molecular flexibility index (Phi) is 13.9. The van der Waals surface area contributed by atoms with E-state index in [2.05, 4.69) is 84.3 Å². The maximum Gasteiger partial charge on any atom is 0.0407 e. The van der Waals surface area contributed by atoms with E-state index in [1.165, 1.54) is 74.7 Å². The van der Waals surface area contributed by atoms with Crippen molar-refractivity contribution >= 4 is 0 Å². The van der Waals surface area contributed by atoms with Crippen LogP contribution in [-0.2, 0) is 12.8 Å². The summed E-state index contributed by atoms with van der Waals surface area (Å²) in [5.74, 6) is 0.566. The number of hydrogen-bond donors (Lipinski definition) is 1. The highest BCUT2D eigenvalue weighted by atomic mass is 15.0. The van der Waals surface area contributed by atoms with E-state index in [1.54, 1.807) is 0 Å². The Morgan fingerprint density at radius 3 is 2.27 bits per heavy atom. The summed E-state index contributed by atoms with van der Waals surface area (Å²) in [5.41, 5.74) is 4.27. The van der Waals surface area contributed by atoms with Gasteiger partial charge in [-0.1, -0.05) is 64.2 Å². The molecule has 2 unspecified atom stereocenters. The van der Waals surface area contributed by atoms with Crippen molar-refractivity contribution in [1.29, 1.82) is 0 Å². The molecule has 2 heteroatoms. The summed E-state index contributed by atoms with van der Waals surface area (Å²) in [6.45, 7) is 22.8. The third kappa shape index (κ3) is 11.0. The number of aryl methyl sites for hydroxylation is 3. The van der Waals surface area contributed by atoms with Crippen LogP contribution in [0.5, 0.6) is 0 Å². The zero-order valence-corrected chi connectivity index (χ0v) is 22.9. The number of unbranched alkanes of at least 4 members (excludes halogenated alkanes) is 4. The first kappa shape index (κ1) is 29.6. The van der Waals surface area contributed by atoms with Crippen molar-refractivity contribution in [1.82, 2.24) is 10.3 Å². The van der Waals surface area contributed by atoms with Crippen molar-refractivity contribution < 1.29 is 0 Å². The molecule has 188 valence electrons. The third-order valence-corrected chi connectivity index (χ3v) is 7.22. The molecule has 0 aliphatic carbocycles. The zero-order valence-electron chi connectivity index (χ0n) is 22.9. The summed E-state index contributed by atoms with van der Waals surface area (Å²) in [5, 5.41) is 3.83. The van der Waals surface area contributed by atoms with Gasteiger partial charge in [-0.2, -0.15) is 0 Å². The Labute approximate surface area is 206 Å². The molecule has 1 rings (SSSR count). The molecule has 0 radical (unpaired) electrons. The molecule has 1 aromatic rings. The van der Waals surface area contributed by atoms with Gasteiger partial charge in [0.05, 0.1) is 0 Å². The van der Waals surface area contributed by atoms with Gasteiger partial charge in [0.25, 0.3) is 0 Å². The molecule has 2 nitrogen and oxygen atoms in total. The van der Waals surface area contributed by atoms with E-state index in [-0.39, 0.29) is 11.0 Å². The van der Waals surface area contributed by atoms with Gasteiger partial charge in [0.1, 0.15) is 0 Å². The van der Waals surface area contributed by atoms with Crippen molar-refractivity contribution in [3.05, 3.63) is 54.4 Å². The predicted molar refractivity (Wildman–Crippen MR) is 148 cm³/mol. The fourth-order valence-electron chi connectivity index (χ4n) is 5.16. The fraction of sp³-hybridized carbons (Fsp3) is 0.710. The minimum absolute atomic E-state index is 0.142. The molecule has 0 bridgehead atoms. The van der Waals surface area contributed by atoms with E-state index >= 15 is 0 Å². The second-order valence-electron chi connectivity index (χ2n) is 11.1. The lowest BCUT2D eigenvalue weighted by molar-refractivity contribution is 0.133. The van der Waals surface area contributed by atoms with Crippen LogP contribution in [-0.4, -0.2) is 17.1 Å². The summed E-state index contributed by atoms with van der Waals surface area (Å²) in [6.07, 6.45) is 19.1. The maximum atomic E-state index is 4.79. The smallest absolute Gasteiger partial charge is 0.0407 e. The highest BCUT2D eigenvalue weighted by molar-refractivity contribution is 5.22. The largest absolute Gasteiger partial charge is 0.311 e. The highest BCUT2D eigenvalue weighted by Crippen LogP contribution is 2.41. The van der Waals surface area contributed by atoms with Crippen molar-refractivity contribution in [2.45, 2.75) is 124 Å². The second kappa shape index (κ2) is 15.5. The van der Waals surface area contributed by atoms with Gasteiger partial charge < -0.3 is 5.32 Å². The number of pyridine rings is 1. The topological polar surface area (TPSA) is 24.9 Å². The van der Waals surface area contributed by atoms with E-state index in [9.17, 15) is 0 Å². The molecule has 0 aliphatic rings. The summed E-state index contributed by atoms with van der Waals surface area (Å²) < 4.78 is 0. The minimum Gasteiger partial charge on any atom is -0.311 e. The number of aromatic nitrogens is 1. The van der Waals surface area contributed by atoms with Crippen molar-refractivity contribution in [2.75, 3.05) is 6.54 Å². The van der Waals surface area contributed by atoms with E-state index < -0.39 is 0 Å². The summed E-state index contributed by atoms with van der Waals surface area (Å²) in [6, 6.07) is 4.49. The van der Waals surface area contributed by atoms with Gasteiger partial charge in [-0.05, 0) is 95.6 Å². The highest BCUT2D eigenvalue weighted by Gasteiger charge is 2.36. The molecular weight excluding hydrogens is 400 g/mol. The first-order chi connectivity index (χ1) is 15.7. The summed E-state index contributed by atoms with van der Waals surface area (Å²) >= 11 is 0. The third-order valence-electron chi connectivity index (χ3n) is 7.22. The standard InChI is InChI=1S/C31H54N2/c1-9-13-24-31(23-10-2,25-32-30(6,7)8)28(12-4)19-17-15-14-16-18-20-29-22-21-27(11-3)26(5)33-29/h9,12,21-22,28,32H,1,4,10-11,13-20,23-25H2,2-3,5-8H3. The Morgan fingerprint density at radius 1 is 1.00 bits per heavy atom. The molecule has 1 heterocycles. The lowest BCUT2D eigenvalue weighted by Gasteiger charge is -2.42. The average molecular weight is 455 g/mol. The molecule has 0 saturated heterocycles. The van der Waals surface area contributed by atoms with E-state index in [4.69, 9.17) is 4.98 Å². The molecule has 33 heavy (non-hydrogen) atoms. The van der Waals surface area contributed by atoms with Crippen LogP contribution in [0.3, 0.4) is 0 Å². The quantitative estimate of drug-likeness (QED) is 0.177. The lowest BCUT2D eigenvalue weighted by Crippen LogP contribution is -2.47. The SMILES string of the molecule is C=CCCC(CCC)(CNC(C)(C)C)C(C=C)CCCCCCCc1ccc(CC)c(C)n1. The lowest BCUT2D eigenvalue weighted by atomic mass is 9.67. The number of nitrogens with one attached hydrogen (secondary N) is 1. The molecule has 1 aromatic heterocycles. The Balaban J connectivity index is 2.53. The monoisotopic (exact) mass is 454 g/mol. The fourth-order valence-corrected chi connectivity index (χ4v) is 5.16. The van der Waals surface area contributed by atoms with E-state index in [0.717, 1.165) is 25.8 Å². The molecule has 1 N–H and O–H groups in total. The molecule has 0 spiro atoms. The van der Waals surface area contributed by atoms with Crippen LogP contribution in [0.4, 0.5) is 0 Å². The second-order valence-corrected chi connectivity index (χ2v) is 11.1. The first-order valence-corrected chi connectivity index (χ1v) is 13.6. The van der Waals surface area contributed by atoms with Crippen LogP contribution in [0.2, 0.25) is 0 Å². The minimum atomic E-state index is 0.142. The Morgan fingerprint density at radius 2 is 1.70 bits per heavy atom. The van der Waals surface area contributed by atoms with Gasteiger partial charge in [0.15, 0.2) is 0 Å². The number of rotatable bonds is 18. The summed E-state index contributed by atoms with van der Waals surface area (Å²) in [4.78, 5) is 4.79. The van der Waals surface area contributed by atoms with Crippen molar-refractivity contribution in [2.24, 2.45) is 11.3 Å². The van der Waals surface area contributed by atoms with Crippen LogP contribution < -0.4 is 5.32 Å². The molecule has 2 atom stereocenters. The normalized spacial score (nSPS) is 14.6. The molecule has 0 aromatic carbocycles. The molecule has 0 amide bonds. The molecule has 0 fully saturated rings. The maximum absolute atomic E-state index is 4.79. The van der Waals surface area contributed by atoms with Crippen LogP contribution in [0.1, 0.15) is 116 Å². The van der Waals surface area contributed by atoms with Crippen LogP contribution >= 0.6 is 0 Å². The zero-order chi connectivity index (χ0) is 24.7. The van der Waals surface area contributed by atoms with Crippen molar-refractivity contribution in [3.63, 3.8) is 0 Å². The number of hydrogen-bond acceptors (Lipinski definition) is 2. The Hall–Kier alpha value is -1.41. The van der Waals surface area contributed by atoms with Crippen LogP contribution in [0.15, 0.2) is 37.4 Å². The number of allylic oxidation sites excluding steroid dienone is 2. The molecular formula is C31H54N2. The number of nitrogens with zero attached hydrogens (tertiary/aromatic N) is 1.